The first-order valence-electron chi connectivity index (χ1n) is 4.15. The lowest BCUT2D eigenvalue weighted by molar-refractivity contribution is -0.116. The quantitative estimate of drug-likeness (QED) is 0.762. The van der Waals surface area contributed by atoms with Crippen LogP contribution in [0.25, 0.3) is 0 Å². The number of benzene rings is 1. The standard InChI is InChI=1S/C10H8BrClF2O/c1-5(15)9(12)7-3-2-6(10(13)14)4-8(7)11/h2-4,9-10H,1H3. The minimum atomic E-state index is -2.53. The summed E-state index contributed by atoms with van der Waals surface area (Å²) in [6, 6.07) is 3.98. The van der Waals surface area contributed by atoms with Crippen molar-refractivity contribution in [3.63, 3.8) is 0 Å². The molecule has 0 aliphatic carbocycles. The van der Waals surface area contributed by atoms with Crippen LogP contribution in [0.15, 0.2) is 22.7 Å². The maximum Gasteiger partial charge on any atom is 0.263 e. The third-order valence-corrected chi connectivity index (χ3v) is 3.14. The largest absolute Gasteiger partial charge is 0.298 e. The lowest BCUT2D eigenvalue weighted by Gasteiger charge is -2.10. The molecule has 0 radical (unpaired) electrons. The SMILES string of the molecule is CC(=O)C(Cl)c1ccc(C(F)F)cc1Br. The minimum Gasteiger partial charge on any atom is -0.298 e. The average molecular weight is 298 g/mol. The van der Waals surface area contributed by atoms with E-state index >= 15 is 0 Å². The molecular weight excluding hydrogens is 289 g/mol. The maximum absolute atomic E-state index is 12.3. The molecule has 1 aromatic carbocycles. The molecule has 5 heteroatoms. The van der Waals surface area contributed by atoms with Gasteiger partial charge in [0.05, 0.1) is 0 Å². The molecule has 0 amide bonds. The Balaban J connectivity index is 3.08. The van der Waals surface area contributed by atoms with E-state index in [4.69, 9.17) is 11.6 Å². The summed E-state index contributed by atoms with van der Waals surface area (Å²) >= 11 is 8.93. The van der Waals surface area contributed by atoms with Gasteiger partial charge in [-0.15, -0.1) is 11.6 Å². The van der Waals surface area contributed by atoms with Gasteiger partial charge in [-0.1, -0.05) is 28.1 Å². The normalized spacial score (nSPS) is 12.9. The van der Waals surface area contributed by atoms with Crippen LogP contribution in [0.3, 0.4) is 0 Å². The topological polar surface area (TPSA) is 17.1 Å². The summed E-state index contributed by atoms with van der Waals surface area (Å²) in [6.45, 7) is 1.35. The summed E-state index contributed by atoms with van der Waals surface area (Å²) in [4.78, 5) is 11.0. The highest BCUT2D eigenvalue weighted by Crippen LogP contribution is 2.32. The summed E-state index contributed by atoms with van der Waals surface area (Å²) in [5.41, 5.74) is 0.409. The van der Waals surface area contributed by atoms with Crippen molar-refractivity contribution in [2.45, 2.75) is 18.7 Å². The molecule has 1 nitrogen and oxygen atoms in total. The number of alkyl halides is 3. The fraction of sp³-hybridized carbons (Fsp3) is 0.300. The molecule has 1 atom stereocenters. The molecule has 0 saturated heterocycles. The first-order valence-corrected chi connectivity index (χ1v) is 5.38. The van der Waals surface area contributed by atoms with Gasteiger partial charge in [0.25, 0.3) is 6.43 Å². The van der Waals surface area contributed by atoms with E-state index < -0.39 is 11.8 Å². The number of ketones is 1. The van der Waals surface area contributed by atoms with Crippen molar-refractivity contribution in [3.8, 4) is 0 Å². The maximum atomic E-state index is 12.3. The first-order chi connectivity index (χ1) is 6.93. The van der Waals surface area contributed by atoms with Crippen LogP contribution in [0, 0.1) is 0 Å². The van der Waals surface area contributed by atoms with E-state index in [1.54, 1.807) is 0 Å². The molecular formula is C10H8BrClF2O. The summed E-state index contributed by atoms with van der Waals surface area (Å²) < 4.78 is 25.1. The van der Waals surface area contributed by atoms with E-state index in [0.717, 1.165) is 0 Å². The van der Waals surface area contributed by atoms with Gasteiger partial charge in [0.15, 0.2) is 5.78 Å². The predicted molar refractivity (Wildman–Crippen MR) is 58.4 cm³/mol. The monoisotopic (exact) mass is 296 g/mol. The second-order valence-electron chi connectivity index (χ2n) is 3.05. The first kappa shape index (κ1) is 12.6. The van der Waals surface area contributed by atoms with Crippen LogP contribution < -0.4 is 0 Å². The molecule has 0 aliphatic rings. The molecule has 0 saturated carbocycles. The van der Waals surface area contributed by atoms with Gasteiger partial charge in [0, 0.05) is 10.0 Å². The Morgan fingerprint density at radius 1 is 1.47 bits per heavy atom. The summed E-state index contributed by atoms with van der Waals surface area (Å²) in [7, 11) is 0. The molecule has 0 aliphatic heterocycles. The fourth-order valence-electron chi connectivity index (χ4n) is 1.10. The molecule has 1 aromatic rings. The van der Waals surface area contributed by atoms with E-state index in [2.05, 4.69) is 15.9 Å². The van der Waals surface area contributed by atoms with Crippen LogP contribution in [0.1, 0.15) is 29.9 Å². The van der Waals surface area contributed by atoms with Gasteiger partial charge < -0.3 is 0 Å². The summed E-state index contributed by atoms with van der Waals surface area (Å²) in [6.07, 6.45) is -2.53. The van der Waals surface area contributed by atoms with E-state index in [-0.39, 0.29) is 11.3 Å². The van der Waals surface area contributed by atoms with E-state index in [1.165, 1.54) is 25.1 Å². The number of hydrogen-bond donors (Lipinski definition) is 0. The molecule has 0 bridgehead atoms. The minimum absolute atomic E-state index is 0.0990. The van der Waals surface area contributed by atoms with Crippen molar-refractivity contribution in [1.82, 2.24) is 0 Å². The third-order valence-electron chi connectivity index (χ3n) is 1.91. The Kier molecular flexibility index (Phi) is 4.22. The van der Waals surface area contributed by atoms with Crippen LogP contribution in [-0.2, 0) is 4.79 Å². The Morgan fingerprint density at radius 3 is 2.47 bits per heavy atom. The van der Waals surface area contributed by atoms with Crippen molar-refractivity contribution in [1.29, 1.82) is 0 Å². The van der Waals surface area contributed by atoms with Gasteiger partial charge in [0.1, 0.15) is 5.38 Å². The second kappa shape index (κ2) is 5.03. The summed E-state index contributed by atoms with van der Waals surface area (Å²) in [5, 5.41) is -0.800. The number of carbonyl (C=O) groups is 1. The Labute approximate surface area is 99.6 Å². The van der Waals surface area contributed by atoms with Crippen LogP contribution in [0.4, 0.5) is 8.78 Å². The number of Topliss-reactive ketones (excluding diaryl/α,β-unsaturated/α-hetero) is 1. The average Bonchev–Trinajstić information content (AvgIpc) is 2.16. The Morgan fingerprint density at radius 2 is 2.07 bits per heavy atom. The van der Waals surface area contributed by atoms with Crippen LogP contribution in [0.5, 0.6) is 0 Å². The summed E-state index contributed by atoms with van der Waals surface area (Å²) in [5.74, 6) is -0.220. The number of carbonyl (C=O) groups excluding carboxylic acids is 1. The zero-order chi connectivity index (χ0) is 11.6. The fourth-order valence-corrected chi connectivity index (χ4v) is 2.05. The molecule has 1 rings (SSSR count). The number of hydrogen-bond acceptors (Lipinski definition) is 1. The zero-order valence-corrected chi connectivity index (χ0v) is 10.1. The van der Waals surface area contributed by atoms with Gasteiger partial charge >= 0.3 is 0 Å². The molecule has 1 unspecified atom stereocenters. The predicted octanol–water partition coefficient (Wildman–Crippen LogP) is 4.26. The highest BCUT2D eigenvalue weighted by Gasteiger charge is 2.17. The van der Waals surface area contributed by atoms with Gasteiger partial charge in [-0.25, -0.2) is 8.78 Å². The molecule has 0 heterocycles. The van der Waals surface area contributed by atoms with E-state index in [1.807, 2.05) is 0 Å². The zero-order valence-electron chi connectivity index (χ0n) is 7.81. The molecule has 0 aromatic heterocycles. The second-order valence-corrected chi connectivity index (χ2v) is 4.35. The lowest BCUT2D eigenvalue weighted by atomic mass is 10.1. The number of halogens is 4. The number of rotatable bonds is 3. The van der Waals surface area contributed by atoms with Gasteiger partial charge in [-0.3, -0.25) is 4.79 Å². The van der Waals surface area contributed by atoms with Gasteiger partial charge in [-0.2, -0.15) is 0 Å². The molecule has 15 heavy (non-hydrogen) atoms. The van der Waals surface area contributed by atoms with Crippen LogP contribution >= 0.6 is 27.5 Å². The Hall–Kier alpha value is -0.480. The van der Waals surface area contributed by atoms with E-state index in [0.29, 0.717) is 10.0 Å². The lowest BCUT2D eigenvalue weighted by Crippen LogP contribution is -2.02. The molecule has 0 N–H and O–H groups in total. The highest BCUT2D eigenvalue weighted by molar-refractivity contribution is 9.10. The Bertz CT molecular complexity index is 382. The van der Waals surface area contributed by atoms with Crippen LogP contribution in [-0.4, -0.2) is 5.78 Å². The third kappa shape index (κ3) is 2.98. The van der Waals surface area contributed by atoms with Crippen molar-refractivity contribution >= 4 is 33.3 Å². The van der Waals surface area contributed by atoms with Crippen molar-refractivity contribution in [3.05, 3.63) is 33.8 Å². The van der Waals surface area contributed by atoms with Crippen molar-refractivity contribution in [2.24, 2.45) is 0 Å². The van der Waals surface area contributed by atoms with E-state index in [9.17, 15) is 13.6 Å². The smallest absolute Gasteiger partial charge is 0.263 e. The molecule has 82 valence electrons. The van der Waals surface area contributed by atoms with Crippen LogP contribution in [0.2, 0.25) is 0 Å². The highest BCUT2D eigenvalue weighted by atomic mass is 79.9. The van der Waals surface area contributed by atoms with Gasteiger partial charge in [-0.05, 0) is 18.6 Å². The van der Waals surface area contributed by atoms with Crippen molar-refractivity contribution < 1.29 is 13.6 Å². The molecule has 0 fully saturated rings. The molecule has 0 spiro atoms. The van der Waals surface area contributed by atoms with Gasteiger partial charge in [0.2, 0.25) is 0 Å². The van der Waals surface area contributed by atoms with Crippen molar-refractivity contribution in [2.75, 3.05) is 0 Å².